The van der Waals surface area contributed by atoms with Crippen LogP contribution in [0.25, 0.3) is 0 Å². The summed E-state index contributed by atoms with van der Waals surface area (Å²) >= 11 is 0. The summed E-state index contributed by atoms with van der Waals surface area (Å²) in [5.41, 5.74) is 0. The third-order valence-electron chi connectivity index (χ3n) is 22.6. The van der Waals surface area contributed by atoms with Crippen molar-refractivity contribution in [3.05, 3.63) is 12.2 Å². The molecule has 19 nitrogen and oxygen atoms in total. The molecule has 0 aromatic heterocycles. The number of unbranched alkanes of at least 4 members (excludes halogenated alkanes) is 57. The summed E-state index contributed by atoms with van der Waals surface area (Å²) in [6.07, 6.45) is 55.1. The number of hydrogen-bond donors (Lipinski definition) is 12. The average molecular weight is 1500 g/mol. The summed E-state index contributed by atoms with van der Waals surface area (Å²) in [4.78, 5) is 13.5. The van der Waals surface area contributed by atoms with Gasteiger partial charge >= 0.3 is 0 Å². The van der Waals surface area contributed by atoms with Crippen molar-refractivity contribution in [3.63, 3.8) is 0 Å². The second-order valence-corrected chi connectivity index (χ2v) is 32.1. The first-order chi connectivity index (χ1) is 51.3. The number of aliphatic hydroxyl groups excluding tert-OH is 11. The average Bonchev–Trinajstić information content (AvgIpc) is 0.782. The molecule has 0 aromatic carbocycles. The van der Waals surface area contributed by atoms with Crippen molar-refractivity contribution in [3.8, 4) is 0 Å². The highest BCUT2D eigenvalue weighted by Gasteiger charge is 2.54. The number of aliphatic hydroxyl groups is 11. The normalized spacial score (nSPS) is 25.7. The standard InChI is InChI=1S/C86H165NO18/c1-3-5-7-9-11-13-15-17-19-21-23-25-27-29-30-31-32-33-34-35-36-37-38-39-40-42-44-46-48-50-52-54-56-58-60-62-64-74(92)87-69(70(91)63-61-59-57-55-53-51-49-47-45-43-41-28-26-24-22-20-18-16-14-12-10-8-6-4-2)68-100-84-80(98)77(95)82(72(66-89)102-84)105-86-81(99)78(96)83(73(67-90)103-86)104-85-79(97)76(94)75(93)71(65-88)101-85/h61,63,69-73,75-86,88-91,93-99H,3-60,62,64-68H2,1-2H3,(H,87,92)/b63-61+. The zero-order valence-corrected chi connectivity index (χ0v) is 67.0. The molecule has 3 saturated heterocycles. The Balaban J connectivity index is 1.32. The van der Waals surface area contributed by atoms with E-state index in [-0.39, 0.29) is 18.9 Å². The molecule has 3 aliphatic heterocycles. The number of hydrogen-bond acceptors (Lipinski definition) is 18. The maximum atomic E-state index is 13.5. The number of ether oxygens (including phenoxy) is 6. The minimum absolute atomic E-state index is 0.250. The molecule has 3 heterocycles. The van der Waals surface area contributed by atoms with Crippen LogP contribution in [0.2, 0.25) is 0 Å². The van der Waals surface area contributed by atoms with Gasteiger partial charge in [0.15, 0.2) is 18.9 Å². The Morgan fingerprint density at radius 2 is 0.590 bits per heavy atom. The number of rotatable bonds is 73. The van der Waals surface area contributed by atoms with E-state index in [1.165, 1.54) is 327 Å². The molecule has 12 N–H and O–H groups in total. The highest BCUT2D eigenvalue weighted by molar-refractivity contribution is 5.76. The summed E-state index contributed by atoms with van der Waals surface area (Å²) < 4.78 is 34.5. The van der Waals surface area contributed by atoms with Crippen molar-refractivity contribution in [1.29, 1.82) is 0 Å². The molecule has 17 atom stereocenters. The van der Waals surface area contributed by atoms with Gasteiger partial charge in [0.2, 0.25) is 5.91 Å². The van der Waals surface area contributed by atoms with Crippen LogP contribution in [-0.4, -0.2) is 193 Å². The van der Waals surface area contributed by atoms with E-state index < -0.39 is 124 Å². The zero-order valence-electron chi connectivity index (χ0n) is 67.0. The van der Waals surface area contributed by atoms with Gasteiger partial charge in [-0.15, -0.1) is 0 Å². The first-order valence-electron chi connectivity index (χ1n) is 44.4. The van der Waals surface area contributed by atoms with Crippen LogP contribution in [0.4, 0.5) is 0 Å². The van der Waals surface area contributed by atoms with Crippen molar-refractivity contribution < 1.29 is 89.4 Å². The van der Waals surface area contributed by atoms with Crippen molar-refractivity contribution >= 4 is 5.91 Å². The summed E-state index contributed by atoms with van der Waals surface area (Å²) in [7, 11) is 0. The van der Waals surface area contributed by atoms with Crippen LogP contribution >= 0.6 is 0 Å². The van der Waals surface area contributed by atoms with Gasteiger partial charge in [0.25, 0.3) is 0 Å². The first-order valence-corrected chi connectivity index (χ1v) is 44.4. The third-order valence-corrected chi connectivity index (χ3v) is 22.6. The van der Waals surface area contributed by atoms with Crippen LogP contribution in [0.3, 0.4) is 0 Å². The molecule has 105 heavy (non-hydrogen) atoms. The molecule has 19 heteroatoms. The van der Waals surface area contributed by atoms with Gasteiger partial charge in [0.1, 0.15) is 73.2 Å². The highest BCUT2D eigenvalue weighted by Crippen LogP contribution is 2.34. The Morgan fingerprint density at radius 1 is 0.333 bits per heavy atom. The Bertz CT molecular complexity index is 1940. The second-order valence-electron chi connectivity index (χ2n) is 32.1. The van der Waals surface area contributed by atoms with Gasteiger partial charge in [-0.2, -0.15) is 0 Å². The van der Waals surface area contributed by atoms with E-state index in [4.69, 9.17) is 28.4 Å². The second kappa shape index (κ2) is 67.1. The Kier molecular flexibility index (Phi) is 62.4. The van der Waals surface area contributed by atoms with Crippen LogP contribution in [0, 0.1) is 0 Å². The Hall–Kier alpha value is -1.47. The predicted molar refractivity (Wildman–Crippen MR) is 420 cm³/mol. The molecule has 0 saturated carbocycles. The number of allylic oxidation sites excluding steroid dienone is 1. The van der Waals surface area contributed by atoms with Gasteiger partial charge in [0.05, 0.1) is 38.6 Å². The van der Waals surface area contributed by atoms with E-state index >= 15 is 0 Å². The maximum absolute atomic E-state index is 13.5. The zero-order chi connectivity index (χ0) is 76.0. The fraction of sp³-hybridized carbons (Fsp3) is 0.965. The lowest BCUT2D eigenvalue weighted by atomic mass is 9.96. The molecular weight excluding hydrogens is 1330 g/mol. The van der Waals surface area contributed by atoms with Crippen LogP contribution in [0.5, 0.6) is 0 Å². The van der Waals surface area contributed by atoms with E-state index in [9.17, 15) is 61.0 Å². The molecule has 3 aliphatic rings. The monoisotopic (exact) mass is 1500 g/mol. The Labute approximate surface area is 639 Å². The van der Waals surface area contributed by atoms with Crippen molar-refractivity contribution in [2.75, 3.05) is 26.4 Å². The highest BCUT2D eigenvalue weighted by atomic mass is 16.8. The lowest BCUT2D eigenvalue weighted by Crippen LogP contribution is -2.66. The van der Waals surface area contributed by atoms with E-state index in [1.807, 2.05) is 6.08 Å². The minimum Gasteiger partial charge on any atom is -0.394 e. The summed E-state index contributed by atoms with van der Waals surface area (Å²) in [5, 5.41) is 121. The first kappa shape index (κ1) is 97.7. The van der Waals surface area contributed by atoms with Gasteiger partial charge in [-0.1, -0.05) is 386 Å². The molecule has 0 aliphatic carbocycles. The SMILES string of the molecule is CCCCCCCCCCCCCCCCCCCCCCCC/C=C/C(O)C(COC1OC(CO)C(OC2OC(CO)C(OC3OC(CO)C(O)C(O)C3O)C(O)C2O)C(O)C1O)NC(=O)CCCCCCCCCCCCCCCCCCCCCCCCCCCCCCCCCCCCCC. The Morgan fingerprint density at radius 3 is 0.895 bits per heavy atom. The van der Waals surface area contributed by atoms with E-state index in [0.29, 0.717) is 6.42 Å². The van der Waals surface area contributed by atoms with Crippen LogP contribution < -0.4 is 5.32 Å². The summed E-state index contributed by atoms with van der Waals surface area (Å²) in [6.45, 7) is 1.82. The number of amides is 1. The number of nitrogens with one attached hydrogen (secondary N) is 1. The molecule has 3 rings (SSSR count). The van der Waals surface area contributed by atoms with Gasteiger partial charge in [-0.3, -0.25) is 4.79 Å². The van der Waals surface area contributed by atoms with Gasteiger partial charge in [-0.25, -0.2) is 0 Å². The minimum atomic E-state index is -1.98. The molecule has 0 radical (unpaired) electrons. The summed E-state index contributed by atoms with van der Waals surface area (Å²) in [6, 6.07) is -0.971. The largest absolute Gasteiger partial charge is 0.394 e. The van der Waals surface area contributed by atoms with Gasteiger partial charge in [0, 0.05) is 6.42 Å². The molecule has 3 fully saturated rings. The van der Waals surface area contributed by atoms with E-state index in [2.05, 4.69) is 19.2 Å². The molecule has 1 amide bonds. The topological polar surface area (TPSA) is 307 Å². The lowest BCUT2D eigenvalue weighted by molar-refractivity contribution is -0.379. The third kappa shape index (κ3) is 46.3. The molecule has 0 spiro atoms. The van der Waals surface area contributed by atoms with Gasteiger partial charge < -0.3 is 89.9 Å². The van der Waals surface area contributed by atoms with Crippen LogP contribution in [0.15, 0.2) is 12.2 Å². The smallest absolute Gasteiger partial charge is 0.220 e. The number of carbonyl (C=O) groups excluding carboxylic acids is 1. The molecule has 622 valence electrons. The fourth-order valence-corrected chi connectivity index (χ4v) is 15.5. The quantitative estimate of drug-likeness (QED) is 0.0199. The molecule has 17 unspecified atom stereocenters. The van der Waals surface area contributed by atoms with Crippen LogP contribution in [0.1, 0.15) is 399 Å². The number of carbonyl (C=O) groups is 1. The maximum Gasteiger partial charge on any atom is 0.220 e. The molecule has 0 bridgehead atoms. The van der Waals surface area contributed by atoms with Gasteiger partial charge in [-0.05, 0) is 19.3 Å². The van der Waals surface area contributed by atoms with Crippen molar-refractivity contribution in [2.45, 2.75) is 503 Å². The molecule has 0 aromatic rings. The lowest BCUT2D eigenvalue weighted by Gasteiger charge is -2.48. The molecular formula is C86H165NO18. The summed E-state index contributed by atoms with van der Waals surface area (Å²) in [5.74, 6) is -0.265. The van der Waals surface area contributed by atoms with E-state index in [1.54, 1.807) is 6.08 Å². The van der Waals surface area contributed by atoms with Crippen molar-refractivity contribution in [1.82, 2.24) is 5.32 Å². The van der Waals surface area contributed by atoms with E-state index in [0.717, 1.165) is 44.9 Å². The van der Waals surface area contributed by atoms with Crippen molar-refractivity contribution in [2.24, 2.45) is 0 Å². The fourth-order valence-electron chi connectivity index (χ4n) is 15.5. The van der Waals surface area contributed by atoms with Crippen LogP contribution in [-0.2, 0) is 33.2 Å². The predicted octanol–water partition coefficient (Wildman–Crippen LogP) is 16.3.